The van der Waals surface area contributed by atoms with E-state index in [0.717, 1.165) is 23.4 Å². The molecule has 0 bridgehead atoms. The van der Waals surface area contributed by atoms with Crippen LogP contribution in [0.25, 0.3) is 0 Å². The summed E-state index contributed by atoms with van der Waals surface area (Å²) in [5, 5.41) is 0. The Hall–Kier alpha value is -1.99. The van der Waals surface area contributed by atoms with E-state index in [-0.39, 0.29) is 0 Å². The SMILES string of the molecule is Cc1ccncc1C(NN)c1ccc(C(F)(F)F)cn1. The van der Waals surface area contributed by atoms with E-state index >= 15 is 0 Å². The summed E-state index contributed by atoms with van der Waals surface area (Å²) in [5.41, 5.74) is 3.84. The molecule has 0 aliphatic rings. The fourth-order valence-corrected chi connectivity index (χ4v) is 1.86. The zero-order valence-corrected chi connectivity index (χ0v) is 10.6. The van der Waals surface area contributed by atoms with Crippen molar-refractivity contribution in [3.63, 3.8) is 0 Å². The van der Waals surface area contributed by atoms with Crippen molar-refractivity contribution < 1.29 is 13.2 Å². The first-order valence-corrected chi connectivity index (χ1v) is 5.83. The molecule has 1 atom stereocenters. The van der Waals surface area contributed by atoms with Crippen LogP contribution in [0.5, 0.6) is 0 Å². The molecular formula is C13H13F3N4. The molecule has 3 N–H and O–H groups in total. The third-order valence-electron chi connectivity index (χ3n) is 2.97. The minimum absolute atomic E-state index is 0.400. The van der Waals surface area contributed by atoms with Crippen LogP contribution in [-0.4, -0.2) is 9.97 Å². The Balaban J connectivity index is 2.36. The molecule has 7 heteroatoms. The topological polar surface area (TPSA) is 63.8 Å². The van der Waals surface area contributed by atoms with Crippen LogP contribution in [-0.2, 0) is 6.18 Å². The van der Waals surface area contributed by atoms with E-state index in [0.29, 0.717) is 5.69 Å². The normalized spacial score (nSPS) is 13.2. The number of pyridine rings is 2. The maximum atomic E-state index is 12.5. The van der Waals surface area contributed by atoms with Gasteiger partial charge >= 0.3 is 6.18 Å². The Kier molecular flexibility index (Phi) is 4.01. The van der Waals surface area contributed by atoms with Gasteiger partial charge in [0.15, 0.2) is 0 Å². The first kappa shape index (κ1) is 14.4. The second-order valence-electron chi connectivity index (χ2n) is 4.30. The van der Waals surface area contributed by atoms with Gasteiger partial charge < -0.3 is 0 Å². The van der Waals surface area contributed by atoms with Crippen molar-refractivity contribution in [2.45, 2.75) is 19.1 Å². The number of halogens is 3. The molecule has 106 valence electrons. The zero-order valence-electron chi connectivity index (χ0n) is 10.6. The highest BCUT2D eigenvalue weighted by molar-refractivity contribution is 5.32. The van der Waals surface area contributed by atoms with Gasteiger partial charge in [-0.15, -0.1) is 0 Å². The summed E-state index contributed by atoms with van der Waals surface area (Å²) in [4.78, 5) is 7.84. The second-order valence-corrected chi connectivity index (χ2v) is 4.30. The van der Waals surface area contributed by atoms with Gasteiger partial charge in [-0.1, -0.05) is 0 Å². The number of hydrogen-bond donors (Lipinski definition) is 2. The van der Waals surface area contributed by atoms with Gasteiger partial charge in [0.2, 0.25) is 0 Å². The average molecular weight is 282 g/mol. The van der Waals surface area contributed by atoms with Crippen LogP contribution in [0.2, 0.25) is 0 Å². The summed E-state index contributed by atoms with van der Waals surface area (Å²) in [5.74, 6) is 5.49. The largest absolute Gasteiger partial charge is 0.417 e. The van der Waals surface area contributed by atoms with E-state index in [1.165, 1.54) is 6.07 Å². The lowest BCUT2D eigenvalue weighted by Gasteiger charge is -2.18. The van der Waals surface area contributed by atoms with E-state index in [4.69, 9.17) is 5.84 Å². The van der Waals surface area contributed by atoms with Gasteiger partial charge in [0.25, 0.3) is 0 Å². The lowest BCUT2D eigenvalue weighted by atomic mass is 10.0. The number of aromatic nitrogens is 2. The quantitative estimate of drug-likeness (QED) is 0.670. The molecular weight excluding hydrogens is 269 g/mol. The molecule has 0 amide bonds. The zero-order chi connectivity index (χ0) is 14.8. The monoisotopic (exact) mass is 282 g/mol. The van der Waals surface area contributed by atoms with E-state index in [2.05, 4.69) is 15.4 Å². The number of rotatable bonds is 3. The molecule has 0 aliphatic carbocycles. The molecule has 2 heterocycles. The predicted octanol–water partition coefficient (Wildman–Crippen LogP) is 2.36. The van der Waals surface area contributed by atoms with Gasteiger partial charge in [-0.2, -0.15) is 13.2 Å². The van der Waals surface area contributed by atoms with Crippen molar-refractivity contribution in [1.82, 2.24) is 15.4 Å². The number of nitrogens with zero attached hydrogens (tertiary/aromatic N) is 2. The fourth-order valence-electron chi connectivity index (χ4n) is 1.86. The molecule has 0 aliphatic heterocycles. The fraction of sp³-hybridized carbons (Fsp3) is 0.231. The lowest BCUT2D eigenvalue weighted by Crippen LogP contribution is -2.30. The molecule has 0 fully saturated rings. The summed E-state index contributed by atoms with van der Waals surface area (Å²) < 4.78 is 37.5. The number of alkyl halides is 3. The van der Waals surface area contributed by atoms with Gasteiger partial charge in [-0.05, 0) is 36.2 Å². The maximum absolute atomic E-state index is 12.5. The van der Waals surface area contributed by atoms with Crippen LogP contribution in [0.1, 0.15) is 28.4 Å². The van der Waals surface area contributed by atoms with Crippen molar-refractivity contribution in [3.8, 4) is 0 Å². The standard InChI is InChI=1S/C13H13F3N4/c1-8-4-5-18-7-10(8)12(20-17)11-3-2-9(6-19-11)13(14,15)16/h2-7,12,20H,17H2,1H3. The lowest BCUT2D eigenvalue weighted by molar-refractivity contribution is -0.137. The Morgan fingerprint density at radius 2 is 1.95 bits per heavy atom. The van der Waals surface area contributed by atoms with Gasteiger partial charge in [0.05, 0.1) is 17.3 Å². The van der Waals surface area contributed by atoms with Crippen molar-refractivity contribution in [2.75, 3.05) is 0 Å². The summed E-state index contributed by atoms with van der Waals surface area (Å²) in [7, 11) is 0. The molecule has 2 aromatic rings. The van der Waals surface area contributed by atoms with Gasteiger partial charge in [-0.3, -0.25) is 15.8 Å². The first-order chi connectivity index (χ1) is 9.43. The minimum Gasteiger partial charge on any atom is -0.271 e. The van der Waals surface area contributed by atoms with Crippen molar-refractivity contribution in [1.29, 1.82) is 0 Å². The van der Waals surface area contributed by atoms with Crippen LogP contribution in [0.3, 0.4) is 0 Å². The number of hydrogen-bond acceptors (Lipinski definition) is 4. The molecule has 0 aromatic carbocycles. The van der Waals surface area contributed by atoms with E-state index in [1.54, 1.807) is 18.5 Å². The van der Waals surface area contributed by atoms with E-state index < -0.39 is 17.8 Å². The molecule has 0 saturated heterocycles. The molecule has 0 spiro atoms. The van der Waals surface area contributed by atoms with Gasteiger partial charge in [-0.25, -0.2) is 5.43 Å². The van der Waals surface area contributed by atoms with Crippen LogP contribution in [0, 0.1) is 6.92 Å². The van der Waals surface area contributed by atoms with Crippen molar-refractivity contribution in [2.24, 2.45) is 5.84 Å². The second kappa shape index (κ2) is 5.56. The number of hydrazine groups is 1. The highest BCUT2D eigenvalue weighted by Gasteiger charge is 2.31. The number of nitrogens with one attached hydrogen (secondary N) is 1. The Bertz CT molecular complexity index is 581. The highest BCUT2D eigenvalue weighted by atomic mass is 19.4. The number of aryl methyl sites for hydroxylation is 1. The van der Waals surface area contributed by atoms with Crippen LogP contribution >= 0.6 is 0 Å². The Morgan fingerprint density at radius 3 is 2.45 bits per heavy atom. The molecule has 0 radical (unpaired) electrons. The Labute approximate surface area is 113 Å². The third kappa shape index (κ3) is 2.94. The molecule has 2 rings (SSSR count). The first-order valence-electron chi connectivity index (χ1n) is 5.83. The minimum atomic E-state index is -4.40. The summed E-state index contributed by atoms with van der Waals surface area (Å²) in [6.45, 7) is 1.87. The molecule has 4 nitrogen and oxygen atoms in total. The highest BCUT2D eigenvalue weighted by Crippen LogP contribution is 2.30. The molecule has 20 heavy (non-hydrogen) atoms. The summed E-state index contributed by atoms with van der Waals surface area (Å²) >= 11 is 0. The molecule has 2 aromatic heterocycles. The van der Waals surface area contributed by atoms with Crippen LogP contribution < -0.4 is 11.3 Å². The summed E-state index contributed by atoms with van der Waals surface area (Å²) in [6.07, 6.45) is -0.363. The molecule has 1 unspecified atom stereocenters. The summed E-state index contributed by atoms with van der Waals surface area (Å²) in [6, 6.07) is 3.58. The van der Waals surface area contributed by atoms with E-state index in [1.807, 2.05) is 6.92 Å². The predicted molar refractivity (Wildman–Crippen MR) is 67.4 cm³/mol. The third-order valence-corrected chi connectivity index (χ3v) is 2.97. The van der Waals surface area contributed by atoms with Crippen LogP contribution in [0.4, 0.5) is 13.2 Å². The number of nitrogens with two attached hydrogens (primary N) is 1. The Morgan fingerprint density at radius 1 is 1.20 bits per heavy atom. The van der Waals surface area contributed by atoms with Crippen molar-refractivity contribution in [3.05, 3.63) is 59.2 Å². The van der Waals surface area contributed by atoms with Crippen LogP contribution in [0.15, 0.2) is 36.8 Å². The molecule has 0 saturated carbocycles. The average Bonchev–Trinajstić information content (AvgIpc) is 2.41. The van der Waals surface area contributed by atoms with Crippen molar-refractivity contribution >= 4 is 0 Å². The van der Waals surface area contributed by atoms with Gasteiger partial charge in [0, 0.05) is 18.6 Å². The van der Waals surface area contributed by atoms with Gasteiger partial charge in [0.1, 0.15) is 0 Å². The smallest absolute Gasteiger partial charge is 0.271 e. The maximum Gasteiger partial charge on any atom is 0.417 e. The van der Waals surface area contributed by atoms with E-state index in [9.17, 15) is 13.2 Å².